The van der Waals surface area contributed by atoms with E-state index in [9.17, 15) is 19.2 Å². The molecule has 0 bridgehead atoms. The lowest BCUT2D eigenvalue weighted by Crippen LogP contribution is -2.30. The molecule has 3 rings (SSSR count). The van der Waals surface area contributed by atoms with Crippen molar-refractivity contribution >= 4 is 52.5 Å². The summed E-state index contributed by atoms with van der Waals surface area (Å²) in [6.45, 7) is -0.388. The summed E-state index contributed by atoms with van der Waals surface area (Å²) in [5.41, 5.74) is 5.79. The second kappa shape index (κ2) is 8.98. The van der Waals surface area contributed by atoms with Gasteiger partial charge < -0.3 is 24.9 Å². The van der Waals surface area contributed by atoms with Gasteiger partial charge in [0.05, 0.1) is 17.2 Å². The van der Waals surface area contributed by atoms with E-state index in [1.54, 1.807) is 18.2 Å². The third-order valence-corrected chi connectivity index (χ3v) is 4.80. The molecule has 156 valence electrons. The Bertz CT molecular complexity index is 1060. The van der Waals surface area contributed by atoms with Crippen molar-refractivity contribution in [2.45, 2.75) is 6.54 Å². The summed E-state index contributed by atoms with van der Waals surface area (Å²) in [7, 11) is 1.22. The zero-order chi connectivity index (χ0) is 21.8. The summed E-state index contributed by atoms with van der Waals surface area (Å²) in [4.78, 5) is 48.1. The van der Waals surface area contributed by atoms with Crippen LogP contribution in [0.4, 0.5) is 4.79 Å². The van der Waals surface area contributed by atoms with Crippen LogP contribution < -0.4 is 15.8 Å². The van der Waals surface area contributed by atoms with Gasteiger partial charge in [-0.05, 0) is 58.5 Å². The monoisotopic (exact) mass is 525 g/mol. The summed E-state index contributed by atoms with van der Waals surface area (Å²) in [6, 6.07) is 7.30. The first-order valence-electron chi connectivity index (χ1n) is 8.50. The number of halogens is 1. The number of benzene rings is 1. The predicted octanol–water partition coefficient (Wildman–Crippen LogP) is 1.63. The zero-order valence-corrected chi connectivity index (χ0v) is 17.8. The number of furan rings is 1. The van der Waals surface area contributed by atoms with Crippen molar-refractivity contribution in [3.8, 4) is 5.75 Å². The van der Waals surface area contributed by atoms with Gasteiger partial charge in [0.25, 0.3) is 11.8 Å². The van der Waals surface area contributed by atoms with E-state index >= 15 is 0 Å². The van der Waals surface area contributed by atoms with Crippen LogP contribution in [-0.4, -0.2) is 42.4 Å². The molecule has 1 aliphatic rings. The maximum Gasteiger partial charge on any atom is 0.373 e. The summed E-state index contributed by atoms with van der Waals surface area (Å²) in [5, 5.41) is 2.51. The number of nitrogens with two attached hydrogens (primary N) is 1. The molecule has 1 saturated heterocycles. The summed E-state index contributed by atoms with van der Waals surface area (Å²) in [5.74, 6) is -1.09. The maximum absolute atomic E-state index is 12.6. The number of nitrogens with one attached hydrogen (secondary N) is 1. The van der Waals surface area contributed by atoms with Crippen molar-refractivity contribution in [2.75, 3.05) is 13.7 Å². The van der Waals surface area contributed by atoms with E-state index in [2.05, 4.69) is 10.1 Å². The van der Waals surface area contributed by atoms with Crippen LogP contribution in [0.5, 0.6) is 5.75 Å². The molecule has 3 N–H and O–H groups in total. The highest BCUT2D eigenvalue weighted by Crippen LogP contribution is 2.24. The molecule has 0 radical (unpaired) electrons. The number of imide groups is 1. The van der Waals surface area contributed by atoms with Gasteiger partial charge in [0.15, 0.2) is 6.61 Å². The first-order valence-corrected chi connectivity index (χ1v) is 9.58. The molecule has 30 heavy (non-hydrogen) atoms. The van der Waals surface area contributed by atoms with E-state index in [0.717, 1.165) is 4.90 Å². The number of carbonyl (C=O) groups excluding carboxylic acids is 4. The quantitative estimate of drug-likeness (QED) is 0.242. The Morgan fingerprint density at radius 1 is 1.27 bits per heavy atom. The van der Waals surface area contributed by atoms with Crippen LogP contribution in [0.25, 0.3) is 6.08 Å². The lowest BCUT2D eigenvalue weighted by Gasteiger charge is -2.09. The molecule has 1 fully saturated rings. The molecular formula is C19H16IN3O7. The molecule has 2 aromatic rings. The van der Waals surface area contributed by atoms with Gasteiger partial charge in [0.2, 0.25) is 5.76 Å². The highest BCUT2D eigenvalue weighted by Gasteiger charge is 2.34. The number of urea groups is 1. The van der Waals surface area contributed by atoms with Crippen molar-refractivity contribution in [1.29, 1.82) is 0 Å². The lowest BCUT2D eigenvalue weighted by molar-refractivity contribution is -0.123. The lowest BCUT2D eigenvalue weighted by atomic mass is 10.2. The Morgan fingerprint density at radius 3 is 2.70 bits per heavy atom. The van der Waals surface area contributed by atoms with Crippen LogP contribution in [0.1, 0.15) is 21.9 Å². The molecule has 0 atom stereocenters. The summed E-state index contributed by atoms with van der Waals surface area (Å²) >= 11 is 2.02. The number of nitrogens with zero attached hydrogens (tertiary/aromatic N) is 1. The van der Waals surface area contributed by atoms with Crippen molar-refractivity contribution in [1.82, 2.24) is 10.2 Å². The number of methoxy groups -OCH3 is 1. The SMILES string of the molecule is COC(=O)c1ccc(CN2C(=O)N/C(=C\c3ccc(OCC(N)=O)c(I)c3)C2=O)o1. The van der Waals surface area contributed by atoms with E-state index in [1.807, 2.05) is 22.6 Å². The molecule has 0 aliphatic carbocycles. The van der Waals surface area contributed by atoms with Gasteiger partial charge in [-0.25, -0.2) is 9.59 Å². The smallest absolute Gasteiger partial charge is 0.373 e. The minimum absolute atomic E-state index is 0.0245. The van der Waals surface area contributed by atoms with Crippen molar-refractivity contribution < 1.29 is 33.1 Å². The zero-order valence-electron chi connectivity index (χ0n) is 15.6. The van der Waals surface area contributed by atoms with Crippen LogP contribution in [0.2, 0.25) is 0 Å². The molecule has 2 heterocycles. The molecule has 0 saturated carbocycles. The maximum atomic E-state index is 12.6. The topological polar surface area (TPSA) is 141 Å². The van der Waals surface area contributed by atoms with E-state index in [0.29, 0.717) is 14.9 Å². The van der Waals surface area contributed by atoms with Crippen LogP contribution in [0.15, 0.2) is 40.4 Å². The average molecular weight is 525 g/mol. The van der Waals surface area contributed by atoms with Gasteiger partial charge in [-0.3, -0.25) is 14.5 Å². The third kappa shape index (κ3) is 4.79. The minimum Gasteiger partial charge on any atom is -0.483 e. The van der Waals surface area contributed by atoms with Crippen LogP contribution in [-0.2, 0) is 20.9 Å². The third-order valence-electron chi connectivity index (χ3n) is 3.96. The average Bonchev–Trinajstić information content (AvgIpc) is 3.27. The summed E-state index contributed by atoms with van der Waals surface area (Å²) < 4.78 is 15.8. The summed E-state index contributed by atoms with van der Waals surface area (Å²) in [6.07, 6.45) is 1.52. The fourth-order valence-electron chi connectivity index (χ4n) is 2.58. The number of carbonyl (C=O) groups is 4. The van der Waals surface area contributed by atoms with Gasteiger partial charge in [0, 0.05) is 0 Å². The fraction of sp³-hybridized carbons (Fsp3) is 0.158. The molecule has 11 heteroatoms. The first kappa shape index (κ1) is 21.4. The number of hydrogen-bond donors (Lipinski definition) is 2. The van der Waals surface area contributed by atoms with Gasteiger partial charge in [-0.1, -0.05) is 6.07 Å². The molecule has 1 aliphatic heterocycles. The van der Waals surface area contributed by atoms with E-state index in [4.69, 9.17) is 14.9 Å². The van der Waals surface area contributed by atoms with Crippen molar-refractivity contribution in [3.05, 3.63) is 56.7 Å². The molecule has 0 spiro atoms. The predicted molar refractivity (Wildman–Crippen MR) is 111 cm³/mol. The van der Waals surface area contributed by atoms with Crippen LogP contribution >= 0.6 is 22.6 Å². The second-order valence-electron chi connectivity index (χ2n) is 6.08. The van der Waals surface area contributed by atoms with Crippen molar-refractivity contribution in [2.24, 2.45) is 5.73 Å². The Hall–Kier alpha value is -3.35. The van der Waals surface area contributed by atoms with Gasteiger partial charge in [-0.15, -0.1) is 0 Å². The molecular weight excluding hydrogens is 509 g/mol. The fourth-order valence-corrected chi connectivity index (χ4v) is 3.28. The number of esters is 1. The number of rotatable bonds is 7. The van der Waals surface area contributed by atoms with Gasteiger partial charge >= 0.3 is 12.0 Å². The molecule has 4 amide bonds. The minimum atomic E-state index is -0.656. The first-order chi connectivity index (χ1) is 14.3. The Morgan fingerprint density at radius 2 is 2.03 bits per heavy atom. The van der Waals surface area contributed by atoms with E-state index < -0.39 is 23.8 Å². The standard InChI is InChI=1S/C19H16IN3O7/c1-28-18(26)15-5-3-11(30-15)8-23-17(25)13(22-19(23)27)7-10-2-4-14(12(20)6-10)29-9-16(21)24/h2-7H,8-9H2,1H3,(H2,21,24)(H,22,27)/b13-7-. The van der Waals surface area contributed by atoms with Crippen molar-refractivity contribution in [3.63, 3.8) is 0 Å². The second-order valence-corrected chi connectivity index (χ2v) is 7.24. The molecule has 10 nitrogen and oxygen atoms in total. The van der Waals surface area contributed by atoms with Gasteiger partial charge in [0.1, 0.15) is 17.2 Å². The number of ether oxygens (including phenoxy) is 2. The highest BCUT2D eigenvalue weighted by molar-refractivity contribution is 14.1. The van der Waals surface area contributed by atoms with E-state index in [-0.39, 0.29) is 30.4 Å². The number of amides is 4. The highest BCUT2D eigenvalue weighted by atomic mass is 127. The Kier molecular flexibility index (Phi) is 6.40. The Labute approximate surface area is 184 Å². The normalized spacial score (nSPS) is 14.7. The largest absolute Gasteiger partial charge is 0.483 e. The molecule has 1 aromatic heterocycles. The van der Waals surface area contributed by atoms with Gasteiger partial charge in [-0.2, -0.15) is 0 Å². The van der Waals surface area contributed by atoms with E-state index in [1.165, 1.54) is 25.3 Å². The van der Waals surface area contributed by atoms with Crippen LogP contribution in [0.3, 0.4) is 0 Å². The molecule has 1 aromatic carbocycles. The van der Waals surface area contributed by atoms with Crippen LogP contribution in [0, 0.1) is 3.57 Å². The molecule has 0 unspecified atom stereocenters. The number of hydrogen-bond acceptors (Lipinski definition) is 7. The number of primary amides is 1. The Balaban J connectivity index is 1.73.